The molecule has 0 fully saturated rings. The molecule has 2 nitrogen and oxygen atoms in total. The van der Waals surface area contributed by atoms with Crippen molar-refractivity contribution in [3.63, 3.8) is 0 Å². The minimum atomic E-state index is -0.384. The first kappa shape index (κ1) is 10.2. The second-order valence-corrected chi connectivity index (χ2v) is 3.53. The van der Waals surface area contributed by atoms with Crippen molar-refractivity contribution in [2.45, 2.75) is 4.83 Å². The number of alkyl halides is 2. The van der Waals surface area contributed by atoms with E-state index in [0.29, 0.717) is 6.61 Å². The van der Waals surface area contributed by atoms with Crippen molar-refractivity contribution < 1.29 is 9.53 Å². The number of hydrogen-bond donors (Lipinski definition) is 0. The molecule has 0 aromatic rings. The largest absolute Gasteiger partial charge is 0.461 e. The molecule has 1 unspecified atom stereocenters. The van der Waals surface area contributed by atoms with Crippen molar-refractivity contribution in [3.05, 3.63) is 12.7 Å². The van der Waals surface area contributed by atoms with E-state index in [1.807, 2.05) is 0 Å². The molecule has 0 aliphatic carbocycles. The monoisotopic (exact) mass is 270 g/mol. The maximum Gasteiger partial charge on any atom is 0.330 e. The molecule has 0 N–H and O–H groups in total. The minimum absolute atomic E-state index is 0.177. The van der Waals surface area contributed by atoms with Gasteiger partial charge in [-0.1, -0.05) is 38.4 Å². The standard InChI is InChI=1S/C6H8Br2O2/c1-2-6(9)10-4-5(8)3-7/h2,5H,1,3-4H2. The lowest BCUT2D eigenvalue weighted by Gasteiger charge is -2.04. The van der Waals surface area contributed by atoms with Gasteiger partial charge in [0.05, 0.1) is 4.83 Å². The molecule has 0 bridgehead atoms. The van der Waals surface area contributed by atoms with Gasteiger partial charge in [0.25, 0.3) is 0 Å². The molecule has 0 saturated carbocycles. The van der Waals surface area contributed by atoms with Gasteiger partial charge in [-0.3, -0.25) is 0 Å². The van der Waals surface area contributed by atoms with E-state index in [4.69, 9.17) is 4.74 Å². The number of carbonyl (C=O) groups is 1. The molecule has 58 valence electrons. The third-order valence-electron chi connectivity index (χ3n) is 0.741. The van der Waals surface area contributed by atoms with Crippen molar-refractivity contribution in [1.29, 1.82) is 0 Å². The Bertz CT molecular complexity index is 125. The quantitative estimate of drug-likeness (QED) is 0.443. The molecule has 0 aromatic heterocycles. The van der Waals surface area contributed by atoms with Gasteiger partial charge in [0.15, 0.2) is 0 Å². The van der Waals surface area contributed by atoms with Crippen LogP contribution in [-0.2, 0) is 9.53 Å². The van der Waals surface area contributed by atoms with Gasteiger partial charge in [0.2, 0.25) is 0 Å². The van der Waals surface area contributed by atoms with Crippen molar-refractivity contribution >= 4 is 37.8 Å². The summed E-state index contributed by atoms with van der Waals surface area (Å²) in [6, 6.07) is 0. The molecule has 10 heavy (non-hydrogen) atoms. The molecule has 0 aromatic carbocycles. The molecular weight excluding hydrogens is 264 g/mol. The van der Waals surface area contributed by atoms with E-state index in [9.17, 15) is 4.79 Å². The summed E-state index contributed by atoms with van der Waals surface area (Å²) in [5.41, 5.74) is 0. The second kappa shape index (κ2) is 5.92. The highest BCUT2D eigenvalue weighted by Gasteiger charge is 2.03. The summed E-state index contributed by atoms with van der Waals surface area (Å²) in [6.45, 7) is 3.63. The number of ether oxygens (including phenoxy) is 1. The molecule has 0 amide bonds. The SMILES string of the molecule is C=CC(=O)OCC(Br)CBr. The Balaban J connectivity index is 3.34. The maximum atomic E-state index is 10.5. The number of carbonyl (C=O) groups excluding carboxylic acids is 1. The second-order valence-electron chi connectivity index (χ2n) is 1.59. The normalized spacial score (nSPS) is 12.2. The average molecular weight is 272 g/mol. The highest BCUT2D eigenvalue weighted by molar-refractivity contribution is 9.12. The van der Waals surface area contributed by atoms with Gasteiger partial charge in [0, 0.05) is 11.4 Å². The summed E-state index contributed by atoms with van der Waals surface area (Å²) in [5.74, 6) is -0.384. The van der Waals surface area contributed by atoms with E-state index in [2.05, 4.69) is 38.4 Å². The predicted molar refractivity (Wildman–Crippen MR) is 47.7 cm³/mol. The van der Waals surface area contributed by atoms with Gasteiger partial charge in [-0.25, -0.2) is 4.79 Å². The zero-order chi connectivity index (χ0) is 7.98. The van der Waals surface area contributed by atoms with Crippen LogP contribution < -0.4 is 0 Å². The molecular formula is C6H8Br2O2. The Labute approximate surface area is 76.9 Å². The summed E-state index contributed by atoms with van der Waals surface area (Å²) >= 11 is 6.50. The van der Waals surface area contributed by atoms with E-state index in [0.717, 1.165) is 11.4 Å². The Morgan fingerprint density at radius 1 is 1.80 bits per heavy atom. The van der Waals surface area contributed by atoms with Crippen molar-refractivity contribution in [3.8, 4) is 0 Å². The molecule has 0 radical (unpaired) electrons. The molecule has 0 aliphatic heterocycles. The number of rotatable bonds is 4. The van der Waals surface area contributed by atoms with Crippen LogP contribution >= 0.6 is 31.9 Å². The Hall–Kier alpha value is 0.170. The first-order valence-corrected chi connectivity index (χ1v) is 4.73. The molecule has 0 rings (SSSR count). The molecule has 4 heteroatoms. The highest BCUT2D eigenvalue weighted by atomic mass is 79.9. The van der Waals surface area contributed by atoms with Crippen molar-refractivity contribution in [2.24, 2.45) is 0 Å². The zero-order valence-electron chi connectivity index (χ0n) is 5.35. The summed E-state index contributed by atoms with van der Waals surface area (Å²) in [6.07, 6.45) is 1.15. The molecule has 1 atom stereocenters. The summed E-state index contributed by atoms with van der Waals surface area (Å²) in [5, 5.41) is 0.761. The molecule has 0 aliphatic rings. The molecule has 0 saturated heterocycles. The van der Waals surface area contributed by atoms with Gasteiger partial charge >= 0.3 is 5.97 Å². The van der Waals surface area contributed by atoms with Crippen LogP contribution in [0.3, 0.4) is 0 Å². The highest BCUT2D eigenvalue weighted by Crippen LogP contribution is 2.03. The molecule has 0 spiro atoms. The number of halogens is 2. The van der Waals surface area contributed by atoms with Crippen LogP contribution in [0.5, 0.6) is 0 Å². The van der Waals surface area contributed by atoms with Crippen molar-refractivity contribution in [2.75, 3.05) is 11.9 Å². The maximum absolute atomic E-state index is 10.5. The van der Waals surface area contributed by atoms with E-state index in [1.54, 1.807) is 0 Å². The average Bonchev–Trinajstić information content (AvgIpc) is 1.99. The lowest BCUT2D eigenvalue weighted by Crippen LogP contribution is -2.12. The first-order valence-electron chi connectivity index (χ1n) is 2.70. The van der Waals surface area contributed by atoms with Crippen LogP contribution in [0.25, 0.3) is 0 Å². The van der Waals surface area contributed by atoms with Crippen LogP contribution in [0.1, 0.15) is 0 Å². The number of hydrogen-bond acceptors (Lipinski definition) is 2. The Morgan fingerprint density at radius 3 is 2.80 bits per heavy atom. The fourth-order valence-electron chi connectivity index (χ4n) is 0.276. The number of esters is 1. The third kappa shape index (κ3) is 4.99. The Morgan fingerprint density at radius 2 is 2.40 bits per heavy atom. The van der Waals surface area contributed by atoms with Gasteiger partial charge < -0.3 is 4.74 Å². The lowest BCUT2D eigenvalue weighted by atomic mass is 10.5. The fraction of sp³-hybridized carbons (Fsp3) is 0.500. The first-order chi connectivity index (χ1) is 4.70. The summed E-state index contributed by atoms with van der Waals surface area (Å²) in [7, 11) is 0. The van der Waals surface area contributed by atoms with E-state index in [1.165, 1.54) is 0 Å². The minimum Gasteiger partial charge on any atom is -0.461 e. The van der Waals surface area contributed by atoms with Crippen LogP contribution in [0.15, 0.2) is 12.7 Å². The van der Waals surface area contributed by atoms with Crippen molar-refractivity contribution in [1.82, 2.24) is 0 Å². The fourth-order valence-corrected chi connectivity index (χ4v) is 0.595. The summed E-state index contributed by atoms with van der Waals surface area (Å²) < 4.78 is 4.71. The van der Waals surface area contributed by atoms with Gasteiger partial charge in [-0.2, -0.15) is 0 Å². The van der Waals surface area contributed by atoms with Gasteiger partial charge in [-0.15, -0.1) is 0 Å². The van der Waals surface area contributed by atoms with Gasteiger partial charge in [0.1, 0.15) is 6.61 Å². The van der Waals surface area contributed by atoms with Crippen LogP contribution in [-0.4, -0.2) is 22.7 Å². The third-order valence-corrected chi connectivity index (χ3v) is 2.98. The predicted octanol–water partition coefficient (Wildman–Crippen LogP) is 1.87. The van der Waals surface area contributed by atoms with Crippen LogP contribution in [0.2, 0.25) is 0 Å². The topological polar surface area (TPSA) is 26.3 Å². The Kier molecular flexibility index (Phi) is 6.02. The van der Waals surface area contributed by atoms with Crippen LogP contribution in [0, 0.1) is 0 Å². The van der Waals surface area contributed by atoms with E-state index in [-0.39, 0.29) is 10.8 Å². The molecule has 0 heterocycles. The smallest absolute Gasteiger partial charge is 0.330 e. The van der Waals surface area contributed by atoms with Crippen LogP contribution in [0.4, 0.5) is 0 Å². The van der Waals surface area contributed by atoms with E-state index >= 15 is 0 Å². The zero-order valence-corrected chi connectivity index (χ0v) is 8.52. The van der Waals surface area contributed by atoms with Gasteiger partial charge in [-0.05, 0) is 0 Å². The van der Waals surface area contributed by atoms with E-state index < -0.39 is 0 Å². The summed E-state index contributed by atoms with van der Waals surface area (Å²) in [4.78, 5) is 10.6. The lowest BCUT2D eigenvalue weighted by molar-refractivity contribution is -0.137.